The molecule has 19 heavy (non-hydrogen) atoms. The normalized spacial score (nSPS) is 21.8. The van der Waals surface area contributed by atoms with Gasteiger partial charge in [-0.25, -0.2) is 0 Å². The number of aryl methyl sites for hydroxylation is 1. The van der Waals surface area contributed by atoms with Gasteiger partial charge in [0.2, 0.25) is 0 Å². The lowest BCUT2D eigenvalue weighted by molar-refractivity contribution is 0.239. The van der Waals surface area contributed by atoms with Gasteiger partial charge in [-0.3, -0.25) is 4.90 Å². The van der Waals surface area contributed by atoms with Gasteiger partial charge in [0.1, 0.15) is 0 Å². The zero-order chi connectivity index (χ0) is 13.8. The molecule has 1 aliphatic rings. The van der Waals surface area contributed by atoms with Crippen molar-refractivity contribution >= 4 is 15.9 Å². The van der Waals surface area contributed by atoms with E-state index in [9.17, 15) is 0 Å². The second-order valence-electron chi connectivity index (χ2n) is 5.70. The van der Waals surface area contributed by atoms with Crippen LogP contribution in [0.5, 0.6) is 0 Å². The van der Waals surface area contributed by atoms with Crippen molar-refractivity contribution in [1.29, 1.82) is 0 Å². The summed E-state index contributed by atoms with van der Waals surface area (Å²) < 4.78 is 1.19. The summed E-state index contributed by atoms with van der Waals surface area (Å²) in [6.45, 7) is 7.51. The van der Waals surface area contributed by atoms with Gasteiger partial charge in [0.05, 0.1) is 0 Å². The molecule has 0 aromatic heterocycles. The lowest BCUT2D eigenvalue weighted by Crippen LogP contribution is -2.32. The monoisotopic (exact) mass is 324 g/mol. The highest BCUT2D eigenvalue weighted by Gasteiger charge is 2.27. The third-order valence-electron chi connectivity index (χ3n) is 4.26. The molecule has 1 saturated heterocycles. The molecule has 2 atom stereocenters. The van der Waals surface area contributed by atoms with Crippen LogP contribution in [0.4, 0.5) is 0 Å². The number of nitrogens with two attached hydrogens (primary N) is 1. The maximum atomic E-state index is 6.04. The van der Waals surface area contributed by atoms with Crippen molar-refractivity contribution in [3.63, 3.8) is 0 Å². The smallest absolute Gasteiger partial charge is 0.0470 e. The fourth-order valence-corrected chi connectivity index (χ4v) is 3.50. The molecule has 1 aromatic rings. The Morgan fingerprint density at radius 2 is 2.26 bits per heavy atom. The average Bonchev–Trinajstić information content (AvgIpc) is 2.83. The molecule has 0 radical (unpaired) electrons. The summed E-state index contributed by atoms with van der Waals surface area (Å²) in [5.41, 5.74) is 8.66. The van der Waals surface area contributed by atoms with Crippen LogP contribution >= 0.6 is 15.9 Å². The molecule has 1 aliphatic heterocycles. The molecule has 0 spiro atoms. The van der Waals surface area contributed by atoms with Gasteiger partial charge >= 0.3 is 0 Å². The first-order valence-electron chi connectivity index (χ1n) is 7.35. The molecule has 2 N–H and O–H groups in total. The summed E-state index contributed by atoms with van der Waals surface area (Å²) >= 11 is 3.63. The molecular weight excluding hydrogens is 300 g/mol. The first-order valence-corrected chi connectivity index (χ1v) is 8.15. The lowest BCUT2D eigenvalue weighted by Gasteiger charge is -2.27. The number of rotatable bonds is 5. The van der Waals surface area contributed by atoms with Gasteiger partial charge in [0, 0.05) is 23.6 Å². The van der Waals surface area contributed by atoms with E-state index in [0.717, 1.165) is 5.92 Å². The molecule has 0 aliphatic carbocycles. The first kappa shape index (κ1) is 15.0. The number of benzene rings is 1. The molecule has 2 unspecified atom stereocenters. The Labute approximate surface area is 125 Å². The molecule has 0 saturated carbocycles. The second kappa shape index (κ2) is 6.87. The van der Waals surface area contributed by atoms with E-state index in [0.29, 0.717) is 12.6 Å². The SMILES string of the molecule is CCCC1CCN(C(CN)c2ccc(C)c(Br)c2)C1. The Hall–Kier alpha value is -0.380. The maximum Gasteiger partial charge on any atom is 0.0470 e. The summed E-state index contributed by atoms with van der Waals surface area (Å²) in [4.78, 5) is 2.57. The Balaban J connectivity index is 2.09. The fourth-order valence-electron chi connectivity index (χ4n) is 3.10. The molecule has 1 fully saturated rings. The molecule has 0 bridgehead atoms. The quantitative estimate of drug-likeness (QED) is 0.890. The van der Waals surface area contributed by atoms with Gasteiger partial charge in [0.25, 0.3) is 0 Å². The van der Waals surface area contributed by atoms with Crippen LogP contribution in [0.1, 0.15) is 43.4 Å². The van der Waals surface area contributed by atoms with Crippen LogP contribution in [0.25, 0.3) is 0 Å². The van der Waals surface area contributed by atoms with Gasteiger partial charge < -0.3 is 5.73 Å². The average molecular weight is 325 g/mol. The summed E-state index contributed by atoms with van der Waals surface area (Å²) in [5.74, 6) is 0.868. The predicted molar refractivity (Wildman–Crippen MR) is 85.3 cm³/mol. The van der Waals surface area contributed by atoms with E-state index < -0.39 is 0 Å². The Bertz CT molecular complexity index is 419. The van der Waals surface area contributed by atoms with Crippen LogP contribution in [0, 0.1) is 12.8 Å². The summed E-state index contributed by atoms with van der Waals surface area (Å²) in [6, 6.07) is 7.02. The first-order chi connectivity index (χ1) is 9.15. The third kappa shape index (κ3) is 3.59. The van der Waals surface area contributed by atoms with E-state index in [4.69, 9.17) is 5.73 Å². The number of hydrogen-bond donors (Lipinski definition) is 1. The minimum atomic E-state index is 0.374. The summed E-state index contributed by atoms with van der Waals surface area (Å²) in [5, 5.41) is 0. The molecule has 1 aromatic carbocycles. The van der Waals surface area contributed by atoms with Gasteiger partial charge in [-0.05, 0) is 49.4 Å². The van der Waals surface area contributed by atoms with Crippen LogP contribution in [-0.4, -0.2) is 24.5 Å². The van der Waals surface area contributed by atoms with Crippen LogP contribution in [0.15, 0.2) is 22.7 Å². The zero-order valence-electron chi connectivity index (χ0n) is 12.0. The summed E-state index contributed by atoms with van der Waals surface area (Å²) in [6.07, 6.45) is 3.98. The van der Waals surface area contributed by atoms with Crippen molar-refractivity contribution in [3.8, 4) is 0 Å². The number of likely N-dealkylation sites (tertiary alicyclic amines) is 1. The summed E-state index contributed by atoms with van der Waals surface area (Å²) in [7, 11) is 0. The van der Waals surface area contributed by atoms with E-state index in [-0.39, 0.29) is 0 Å². The topological polar surface area (TPSA) is 29.3 Å². The fraction of sp³-hybridized carbons (Fsp3) is 0.625. The van der Waals surface area contributed by atoms with Crippen molar-refractivity contribution in [2.75, 3.05) is 19.6 Å². The van der Waals surface area contributed by atoms with E-state index >= 15 is 0 Å². The van der Waals surface area contributed by atoms with E-state index in [2.05, 4.69) is 52.9 Å². The maximum absolute atomic E-state index is 6.04. The number of hydrogen-bond acceptors (Lipinski definition) is 2. The number of halogens is 1. The molecule has 1 heterocycles. The second-order valence-corrected chi connectivity index (χ2v) is 6.55. The minimum absolute atomic E-state index is 0.374. The van der Waals surface area contributed by atoms with Crippen LogP contribution < -0.4 is 5.73 Å². The van der Waals surface area contributed by atoms with Crippen LogP contribution in [0.3, 0.4) is 0 Å². The molecule has 0 amide bonds. The van der Waals surface area contributed by atoms with Gasteiger partial charge in [-0.15, -0.1) is 0 Å². The highest BCUT2D eigenvalue weighted by Crippen LogP contribution is 2.31. The Morgan fingerprint density at radius 3 is 2.89 bits per heavy atom. The van der Waals surface area contributed by atoms with Gasteiger partial charge in [-0.2, -0.15) is 0 Å². The van der Waals surface area contributed by atoms with Gasteiger partial charge in [0.15, 0.2) is 0 Å². The third-order valence-corrected chi connectivity index (χ3v) is 5.11. The standard InChI is InChI=1S/C16H25BrN2/c1-3-4-13-7-8-19(11-13)16(10-18)14-6-5-12(2)15(17)9-14/h5-6,9,13,16H,3-4,7-8,10-11,18H2,1-2H3. The van der Waals surface area contributed by atoms with Crippen molar-refractivity contribution in [2.45, 2.75) is 39.2 Å². The zero-order valence-corrected chi connectivity index (χ0v) is 13.6. The molecule has 3 heteroatoms. The van der Waals surface area contributed by atoms with Crippen LogP contribution in [0.2, 0.25) is 0 Å². The molecular formula is C16H25BrN2. The highest BCUT2D eigenvalue weighted by atomic mass is 79.9. The predicted octanol–water partition coefficient (Wildman–Crippen LogP) is 3.88. The van der Waals surface area contributed by atoms with Crippen LogP contribution in [-0.2, 0) is 0 Å². The van der Waals surface area contributed by atoms with Gasteiger partial charge in [-0.1, -0.05) is 41.4 Å². The largest absolute Gasteiger partial charge is 0.329 e. The Kier molecular flexibility index (Phi) is 5.43. The lowest BCUT2D eigenvalue weighted by atomic mass is 10.0. The molecule has 106 valence electrons. The minimum Gasteiger partial charge on any atom is -0.329 e. The van der Waals surface area contributed by atoms with E-state index in [1.165, 1.54) is 48.0 Å². The van der Waals surface area contributed by atoms with Crippen molar-refractivity contribution < 1.29 is 0 Å². The molecule has 2 rings (SSSR count). The highest BCUT2D eigenvalue weighted by molar-refractivity contribution is 9.10. The Morgan fingerprint density at radius 1 is 1.47 bits per heavy atom. The van der Waals surface area contributed by atoms with Crippen molar-refractivity contribution in [3.05, 3.63) is 33.8 Å². The van der Waals surface area contributed by atoms with E-state index in [1.54, 1.807) is 0 Å². The molecule has 2 nitrogen and oxygen atoms in total. The van der Waals surface area contributed by atoms with Crippen molar-refractivity contribution in [1.82, 2.24) is 4.90 Å². The van der Waals surface area contributed by atoms with E-state index in [1.807, 2.05) is 0 Å². The number of nitrogens with zero attached hydrogens (tertiary/aromatic N) is 1. The van der Waals surface area contributed by atoms with Crippen molar-refractivity contribution in [2.24, 2.45) is 11.7 Å².